The first-order valence-electron chi connectivity index (χ1n) is 5.57. The molecule has 15 heavy (non-hydrogen) atoms. The summed E-state index contributed by atoms with van der Waals surface area (Å²) in [5, 5.41) is 2.83. The fourth-order valence-corrected chi connectivity index (χ4v) is 1.90. The molecular weight excluding hydrogens is 190 g/mol. The molecule has 0 amide bonds. The van der Waals surface area contributed by atoms with E-state index in [1.165, 1.54) is 12.8 Å². The zero-order valence-corrected chi connectivity index (χ0v) is 9.29. The lowest BCUT2D eigenvalue weighted by Crippen LogP contribution is -2.33. The Morgan fingerprint density at radius 3 is 2.93 bits per heavy atom. The molecule has 3 heteroatoms. The molecule has 0 aromatic rings. The first-order chi connectivity index (χ1) is 7.24. The van der Waals surface area contributed by atoms with Crippen molar-refractivity contribution >= 4 is 5.97 Å². The minimum Gasteiger partial charge on any atom is -0.461 e. The minimum absolute atomic E-state index is 0.110. The van der Waals surface area contributed by atoms with E-state index >= 15 is 0 Å². The number of terminal acetylenes is 1. The van der Waals surface area contributed by atoms with E-state index in [4.69, 9.17) is 11.2 Å². The van der Waals surface area contributed by atoms with Gasteiger partial charge < -0.3 is 4.74 Å². The van der Waals surface area contributed by atoms with Crippen LogP contribution in [0.5, 0.6) is 0 Å². The zero-order chi connectivity index (χ0) is 11.1. The van der Waals surface area contributed by atoms with E-state index in [0.29, 0.717) is 12.5 Å². The second kappa shape index (κ2) is 6.47. The third kappa shape index (κ3) is 4.35. The van der Waals surface area contributed by atoms with E-state index < -0.39 is 0 Å². The minimum atomic E-state index is -0.191. The summed E-state index contributed by atoms with van der Waals surface area (Å²) in [6.45, 7) is 2.77. The monoisotopic (exact) mass is 209 g/mol. The molecule has 1 rings (SSSR count). The van der Waals surface area contributed by atoms with Crippen molar-refractivity contribution < 1.29 is 9.53 Å². The molecule has 0 heterocycles. The van der Waals surface area contributed by atoms with Gasteiger partial charge in [-0.15, -0.1) is 6.42 Å². The van der Waals surface area contributed by atoms with Gasteiger partial charge in [0.2, 0.25) is 0 Å². The molecule has 2 unspecified atom stereocenters. The van der Waals surface area contributed by atoms with Gasteiger partial charge in [-0.05, 0) is 25.2 Å². The SMILES string of the molecule is C#CCNCC(=O)OC1CCCCC1C. The number of esters is 1. The topological polar surface area (TPSA) is 38.3 Å². The van der Waals surface area contributed by atoms with Crippen molar-refractivity contribution in [3.05, 3.63) is 0 Å². The molecule has 0 aliphatic heterocycles. The van der Waals surface area contributed by atoms with Crippen molar-refractivity contribution in [1.29, 1.82) is 0 Å². The zero-order valence-electron chi connectivity index (χ0n) is 9.29. The summed E-state index contributed by atoms with van der Waals surface area (Å²) in [5.74, 6) is 2.72. The first-order valence-corrected chi connectivity index (χ1v) is 5.57. The predicted molar refractivity (Wildman–Crippen MR) is 59.2 cm³/mol. The van der Waals surface area contributed by atoms with Crippen LogP contribution in [-0.2, 0) is 9.53 Å². The third-order valence-corrected chi connectivity index (χ3v) is 2.81. The Kier molecular flexibility index (Phi) is 5.20. The van der Waals surface area contributed by atoms with Gasteiger partial charge in [0.1, 0.15) is 6.10 Å². The van der Waals surface area contributed by atoms with Crippen molar-refractivity contribution in [2.45, 2.75) is 38.7 Å². The summed E-state index contributed by atoms with van der Waals surface area (Å²) in [5.41, 5.74) is 0. The number of carbonyl (C=O) groups is 1. The van der Waals surface area contributed by atoms with E-state index in [2.05, 4.69) is 18.2 Å². The molecule has 1 fully saturated rings. The molecule has 0 aromatic carbocycles. The first kappa shape index (κ1) is 12.1. The van der Waals surface area contributed by atoms with Crippen LogP contribution >= 0.6 is 0 Å². The molecule has 0 radical (unpaired) electrons. The van der Waals surface area contributed by atoms with Crippen molar-refractivity contribution in [3.63, 3.8) is 0 Å². The quantitative estimate of drug-likeness (QED) is 0.431. The Bertz CT molecular complexity index is 244. The maximum atomic E-state index is 11.4. The predicted octanol–water partition coefficient (Wildman–Crippen LogP) is 1.33. The highest BCUT2D eigenvalue weighted by Crippen LogP contribution is 2.26. The normalized spacial score (nSPS) is 25.6. The van der Waals surface area contributed by atoms with Gasteiger partial charge in [0, 0.05) is 0 Å². The number of hydrogen-bond acceptors (Lipinski definition) is 3. The van der Waals surface area contributed by atoms with E-state index in [0.717, 1.165) is 12.8 Å². The van der Waals surface area contributed by atoms with Crippen LogP contribution in [0.3, 0.4) is 0 Å². The van der Waals surface area contributed by atoms with Crippen molar-refractivity contribution in [2.75, 3.05) is 13.1 Å². The lowest BCUT2D eigenvalue weighted by molar-refractivity contribution is -0.151. The fourth-order valence-electron chi connectivity index (χ4n) is 1.90. The van der Waals surface area contributed by atoms with Crippen molar-refractivity contribution in [3.8, 4) is 12.3 Å². The summed E-state index contributed by atoms with van der Waals surface area (Å²) in [4.78, 5) is 11.4. The maximum absolute atomic E-state index is 11.4. The van der Waals surface area contributed by atoms with Crippen LogP contribution in [0.1, 0.15) is 32.6 Å². The largest absolute Gasteiger partial charge is 0.461 e. The second-order valence-corrected chi connectivity index (χ2v) is 4.10. The highest BCUT2D eigenvalue weighted by Gasteiger charge is 2.24. The van der Waals surface area contributed by atoms with Gasteiger partial charge in [-0.3, -0.25) is 10.1 Å². The van der Waals surface area contributed by atoms with Crippen LogP contribution < -0.4 is 5.32 Å². The van der Waals surface area contributed by atoms with Crippen LogP contribution in [0, 0.1) is 18.3 Å². The second-order valence-electron chi connectivity index (χ2n) is 4.10. The van der Waals surface area contributed by atoms with Gasteiger partial charge in [0.05, 0.1) is 13.1 Å². The lowest BCUT2D eigenvalue weighted by atomic mass is 9.88. The maximum Gasteiger partial charge on any atom is 0.320 e. The number of carbonyl (C=O) groups excluding carboxylic acids is 1. The van der Waals surface area contributed by atoms with Gasteiger partial charge >= 0.3 is 5.97 Å². The molecule has 0 saturated heterocycles. The lowest BCUT2D eigenvalue weighted by Gasteiger charge is -2.28. The average Bonchev–Trinajstić information content (AvgIpc) is 2.22. The highest BCUT2D eigenvalue weighted by molar-refractivity contribution is 5.71. The van der Waals surface area contributed by atoms with E-state index in [9.17, 15) is 4.79 Å². The summed E-state index contributed by atoms with van der Waals surface area (Å²) < 4.78 is 5.38. The van der Waals surface area contributed by atoms with Gasteiger partial charge in [-0.1, -0.05) is 19.3 Å². The summed E-state index contributed by atoms with van der Waals surface area (Å²) in [6, 6.07) is 0. The molecule has 0 aromatic heterocycles. The van der Waals surface area contributed by atoms with Crippen LogP contribution in [0.25, 0.3) is 0 Å². The van der Waals surface area contributed by atoms with E-state index in [-0.39, 0.29) is 18.6 Å². The van der Waals surface area contributed by atoms with Crippen LogP contribution in [0.4, 0.5) is 0 Å². The number of ether oxygens (including phenoxy) is 1. The molecule has 1 saturated carbocycles. The highest BCUT2D eigenvalue weighted by atomic mass is 16.5. The van der Waals surface area contributed by atoms with Crippen molar-refractivity contribution in [2.24, 2.45) is 5.92 Å². The Morgan fingerprint density at radius 1 is 1.53 bits per heavy atom. The Morgan fingerprint density at radius 2 is 2.27 bits per heavy atom. The van der Waals surface area contributed by atoms with Gasteiger partial charge in [-0.25, -0.2) is 0 Å². The third-order valence-electron chi connectivity index (χ3n) is 2.81. The summed E-state index contributed by atoms with van der Waals surface area (Å²) >= 11 is 0. The molecule has 1 aliphatic rings. The number of nitrogens with one attached hydrogen (secondary N) is 1. The van der Waals surface area contributed by atoms with E-state index in [1.54, 1.807) is 0 Å². The van der Waals surface area contributed by atoms with Crippen LogP contribution in [0.2, 0.25) is 0 Å². The Balaban J connectivity index is 2.21. The number of rotatable bonds is 4. The molecule has 2 atom stereocenters. The van der Waals surface area contributed by atoms with Gasteiger partial charge in [-0.2, -0.15) is 0 Å². The Hall–Kier alpha value is -1.01. The average molecular weight is 209 g/mol. The summed E-state index contributed by atoms with van der Waals surface area (Å²) in [7, 11) is 0. The van der Waals surface area contributed by atoms with Crippen molar-refractivity contribution in [1.82, 2.24) is 5.32 Å². The summed E-state index contributed by atoms with van der Waals surface area (Å²) in [6.07, 6.45) is 9.75. The molecular formula is C12H19NO2. The standard InChI is InChI=1S/C12H19NO2/c1-3-8-13-9-12(14)15-11-7-5-4-6-10(11)2/h1,10-11,13H,4-9H2,2H3. The van der Waals surface area contributed by atoms with E-state index in [1.807, 2.05) is 0 Å². The van der Waals surface area contributed by atoms with Crippen LogP contribution in [-0.4, -0.2) is 25.2 Å². The van der Waals surface area contributed by atoms with Crippen LogP contribution in [0.15, 0.2) is 0 Å². The smallest absolute Gasteiger partial charge is 0.320 e. The molecule has 0 bridgehead atoms. The Labute approximate surface area is 91.6 Å². The molecule has 0 spiro atoms. The molecule has 1 aliphatic carbocycles. The number of hydrogen-bond donors (Lipinski definition) is 1. The fraction of sp³-hybridized carbons (Fsp3) is 0.750. The van der Waals surface area contributed by atoms with Gasteiger partial charge in [0.25, 0.3) is 0 Å². The molecule has 1 N–H and O–H groups in total. The molecule has 3 nitrogen and oxygen atoms in total. The molecule has 84 valence electrons. The van der Waals surface area contributed by atoms with Gasteiger partial charge in [0.15, 0.2) is 0 Å².